The first-order valence-electron chi connectivity index (χ1n) is 7.28. The fraction of sp³-hybridized carbons (Fsp3) is 0.625. The molecule has 3 heteroatoms. The van der Waals surface area contributed by atoms with Crippen LogP contribution in [0.1, 0.15) is 32.3 Å². The Morgan fingerprint density at radius 3 is 2.79 bits per heavy atom. The molecule has 3 unspecified atom stereocenters. The SMILES string of the molecule is CCC1OCCC1CNC(C)Cc1ccc(Br)cc1. The molecule has 1 N–H and O–H groups in total. The lowest BCUT2D eigenvalue weighted by molar-refractivity contribution is 0.0867. The fourth-order valence-corrected chi connectivity index (χ4v) is 3.04. The Labute approximate surface area is 125 Å². The monoisotopic (exact) mass is 325 g/mol. The Balaban J connectivity index is 1.75. The Hall–Kier alpha value is -0.380. The third-order valence-electron chi connectivity index (χ3n) is 3.93. The second-order valence-corrected chi connectivity index (χ2v) is 6.42. The molecule has 1 aliphatic heterocycles. The molecule has 1 heterocycles. The average Bonchev–Trinajstić information content (AvgIpc) is 2.86. The van der Waals surface area contributed by atoms with Crippen LogP contribution in [0.3, 0.4) is 0 Å². The molecule has 106 valence electrons. The lowest BCUT2D eigenvalue weighted by Crippen LogP contribution is -2.35. The van der Waals surface area contributed by atoms with Gasteiger partial charge in [-0.2, -0.15) is 0 Å². The van der Waals surface area contributed by atoms with Gasteiger partial charge in [-0.1, -0.05) is 35.0 Å². The zero-order valence-corrected chi connectivity index (χ0v) is 13.4. The molecule has 0 spiro atoms. The van der Waals surface area contributed by atoms with Gasteiger partial charge in [0.2, 0.25) is 0 Å². The highest BCUT2D eigenvalue weighted by Crippen LogP contribution is 2.22. The van der Waals surface area contributed by atoms with E-state index in [0.717, 1.165) is 30.5 Å². The van der Waals surface area contributed by atoms with E-state index in [0.29, 0.717) is 18.1 Å². The second kappa shape index (κ2) is 7.41. The van der Waals surface area contributed by atoms with Crippen molar-refractivity contribution >= 4 is 15.9 Å². The van der Waals surface area contributed by atoms with Crippen LogP contribution in [0.2, 0.25) is 0 Å². The maximum Gasteiger partial charge on any atom is 0.0613 e. The maximum absolute atomic E-state index is 5.73. The number of ether oxygens (including phenoxy) is 1. The normalized spacial score (nSPS) is 24.6. The standard InChI is InChI=1S/C16H24BrNO/c1-3-16-14(8-9-19-16)11-18-12(2)10-13-4-6-15(17)7-5-13/h4-7,12,14,16,18H,3,8-11H2,1-2H3. The molecule has 1 saturated heterocycles. The summed E-state index contributed by atoms with van der Waals surface area (Å²) in [5.74, 6) is 0.692. The predicted octanol–water partition coefficient (Wildman–Crippen LogP) is 3.78. The van der Waals surface area contributed by atoms with Crippen LogP contribution in [0.5, 0.6) is 0 Å². The topological polar surface area (TPSA) is 21.3 Å². The third kappa shape index (κ3) is 4.59. The van der Waals surface area contributed by atoms with E-state index in [9.17, 15) is 0 Å². The molecule has 2 rings (SSSR count). The lowest BCUT2D eigenvalue weighted by Gasteiger charge is -2.20. The molecule has 2 nitrogen and oxygen atoms in total. The van der Waals surface area contributed by atoms with Gasteiger partial charge in [-0.3, -0.25) is 0 Å². The van der Waals surface area contributed by atoms with Gasteiger partial charge in [0, 0.05) is 23.7 Å². The van der Waals surface area contributed by atoms with Crippen molar-refractivity contribution in [3.8, 4) is 0 Å². The highest BCUT2D eigenvalue weighted by molar-refractivity contribution is 9.10. The van der Waals surface area contributed by atoms with Crippen LogP contribution in [0.4, 0.5) is 0 Å². The van der Waals surface area contributed by atoms with E-state index in [2.05, 4.69) is 59.4 Å². The van der Waals surface area contributed by atoms with Crippen LogP contribution in [-0.4, -0.2) is 25.3 Å². The van der Waals surface area contributed by atoms with Crippen molar-refractivity contribution in [1.29, 1.82) is 0 Å². The van der Waals surface area contributed by atoms with Gasteiger partial charge in [0.25, 0.3) is 0 Å². The van der Waals surface area contributed by atoms with E-state index in [4.69, 9.17) is 4.74 Å². The summed E-state index contributed by atoms with van der Waals surface area (Å²) in [6, 6.07) is 9.12. The first-order chi connectivity index (χ1) is 9.19. The smallest absolute Gasteiger partial charge is 0.0613 e. The maximum atomic E-state index is 5.73. The van der Waals surface area contributed by atoms with Gasteiger partial charge < -0.3 is 10.1 Å². The molecule has 0 aromatic heterocycles. The number of nitrogens with one attached hydrogen (secondary N) is 1. The summed E-state index contributed by atoms with van der Waals surface area (Å²) >= 11 is 3.47. The summed E-state index contributed by atoms with van der Waals surface area (Å²) in [4.78, 5) is 0. The highest BCUT2D eigenvalue weighted by Gasteiger charge is 2.26. The Bertz CT molecular complexity index is 379. The van der Waals surface area contributed by atoms with Gasteiger partial charge in [-0.15, -0.1) is 0 Å². The van der Waals surface area contributed by atoms with E-state index in [1.165, 1.54) is 12.0 Å². The van der Waals surface area contributed by atoms with Gasteiger partial charge in [0.15, 0.2) is 0 Å². The fourth-order valence-electron chi connectivity index (χ4n) is 2.78. The molecular weight excluding hydrogens is 302 g/mol. The summed E-state index contributed by atoms with van der Waals surface area (Å²) in [5, 5.41) is 3.66. The quantitative estimate of drug-likeness (QED) is 0.859. The highest BCUT2D eigenvalue weighted by atomic mass is 79.9. The van der Waals surface area contributed by atoms with E-state index in [-0.39, 0.29) is 0 Å². The van der Waals surface area contributed by atoms with Crippen molar-refractivity contribution in [3.05, 3.63) is 34.3 Å². The Morgan fingerprint density at radius 2 is 2.11 bits per heavy atom. The minimum atomic E-state index is 0.465. The van der Waals surface area contributed by atoms with Crippen LogP contribution >= 0.6 is 15.9 Å². The molecule has 1 fully saturated rings. The molecule has 0 radical (unpaired) electrons. The van der Waals surface area contributed by atoms with E-state index >= 15 is 0 Å². The number of rotatable bonds is 6. The van der Waals surface area contributed by atoms with Crippen molar-refractivity contribution in [2.45, 2.75) is 45.3 Å². The van der Waals surface area contributed by atoms with Crippen molar-refractivity contribution < 1.29 is 4.74 Å². The van der Waals surface area contributed by atoms with Crippen LogP contribution in [-0.2, 0) is 11.2 Å². The molecule has 0 aliphatic carbocycles. The lowest BCUT2D eigenvalue weighted by atomic mass is 9.99. The summed E-state index contributed by atoms with van der Waals surface area (Å²) < 4.78 is 6.88. The molecule has 0 bridgehead atoms. The Kier molecular flexibility index (Phi) is 5.86. The van der Waals surface area contributed by atoms with Gasteiger partial charge in [0.05, 0.1) is 6.10 Å². The number of halogens is 1. The molecule has 19 heavy (non-hydrogen) atoms. The van der Waals surface area contributed by atoms with Crippen molar-refractivity contribution in [2.75, 3.05) is 13.2 Å². The van der Waals surface area contributed by atoms with Gasteiger partial charge in [0.1, 0.15) is 0 Å². The van der Waals surface area contributed by atoms with E-state index < -0.39 is 0 Å². The summed E-state index contributed by atoms with van der Waals surface area (Å²) in [6.07, 6.45) is 3.88. The molecule has 0 saturated carbocycles. The zero-order chi connectivity index (χ0) is 13.7. The van der Waals surface area contributed by atoms with Crippen LogP contribution in [0.25, 0.3) is 0 Å². The molecule has 1 aromatic carbocycles. The third-order valence-corrected chi connectivity index (χ3v) is 4.46. The average molecular weight is 326 g/mol. The van der Waals surface area contributed by atoms with E-state index in [1.807, 2.05) is 0 Å². The largest absolute Gasteiger partial charge is 0.378 e. The van der Waals surface area contributed by atoms with Gasteiger partial charge in [-0.05, 0) is 49.8 Å². The predicted molar refractivity (Wildman–Crippen MR) is 83.4 cm³/mol. The molecule has 1 aliphatic rings. The molecule has 1 aromatic rings. The second-order valence-electron chi connectivity index (χ2n) is 5.51. The van der Waals surface area contributed by atoms with Crippen molar-refractivity contribution in [1.82, 2.24) is 5.32 Å². The van der Waals surface area contributed by atoms with Crippen molar-refractivity contribution in [3.63, 3.8) is 0 Å². The number of hydrogen-bond donors (Lipinski definition) is 1. The molecular formula is C16H24BrNO. The molecule has 3 atom stereocenters. The van der Waals surface area contributed by atoms with Crippen LogP contribution in [0, 0.1) is 5.92 Å². The van der Waals surface area contributed by atoms with Crippen LogP contribution in [0.15, 0.2) is 28.7 Å². The molecule has 0 amide bonds. The first kappa shape index (κ1) is 15.0. The zero-order valence-electron chi connectivity index (χ0n) is 11.9. The number of benzene rings is 1. The van der Waals surface area contributed by atoms with Crippen molar-refractivity contribution in [2.24, 2.45) is 5.92 Å². The summed E-state index contributed by atoms with van der Waals surface area (Å²) in [6.45, 7) is 6.50. The minimum absolute atomic E-state index is 0.465. The first-order valence-corrected chi connectivity index (χ1v) is 8.07. The summed E-state index contributed by atoms with van der Waals surface area (Å²) in [7, 11) is 0. The van der Waals surface area contributed by atoms with Gasteiger partial charge in [-0.25, -0.2) is 0 Å². The Morgan fingerprint density at radius 1 is 1.37 bits per heavy atom. The van der Waals surface area contributed by atoms with Crippen LogP contribution < -0.4 is 5.32 Å². The minimum Gasteiger partial charge on any atom is -0.378 e. The van der Waals surface area contributed by atoms with E-state index in [1.54, 1.807) is 0 Å². The summed E-state index contributed by atoms with van der Waals surface area (Å²) in [5.41, 5.74) is 1.39. The number of hydrogen-bond acceptors (Lipinski definition) is 2. The van der Waals surface area contributed by atoms with Gasteiger partial charge >= 0.3 is 0 Å².